The number of thioether (sulfide) groups is 1. The third-order valence-corrected chi connectivity index (χ3v) is 8.54. The van der Waals surface area contributed by atoms with Crippen molar-refractivity contribution < 1.29 is 22.7 Å². The van der Waals surface area contributed by atoms with Crippen molar-refractivity contribution in [2.45, 2.75) is 15.0 Å². The van der Waals surface area contributed by atoms with Crippen LogP contribution >= 0.6 is 11.8 Å². The topological polar surface area (TPSA) is 84.9 Å². The van der Waals surface area contributed by atoms with Gasteiger partial charge in [0.05, 0.1) is 30.9 Å². The van der Waals surface area contributed by atoms with E-state index in [9.17, 15) is 13.2 Å². The number of methoxy groups -OCH3 is 1. The lowest BCUT2D eigenvalue weighted by atomic mass is 10.1. The summed E-state index contributed by atoms with van der Waals surface area (Å²) in [7, 11) is -2.24. The Morgan fingerprint density at radius 3 is 2.29 bits per heavy atom. The van der Waals surface area contributed by atoms with Crippen LogP contribution in [0.2, 0.25) is 0 Å². The van der Waals surface area contributed by atoms with Crippen LogP contribution in [0.1, 0.15) is 10.8 Å². The molecule has 1 aliphatic heterocycles. The molecule has 9 heteroatoms. The molecular weight excluding hydrogens is 472 g/mol. The second-order valence-electron chi connectivity index (χ2n) is 7.59. The van der Waals surface area contributed by atoms with E-state index in [0.29, 0.717) is 37.7 Å². The lowest BCUT2D eigenvalue weighted by molar-refractivity contribution is -0.115. The smallest absolute Gasteiger partial charge is 0.243 e. The normalized spacial score (nSPS) is 15.4. The van der Waals surface area contributed by atoms with Gasteiger partial charge in [-0.3, -0.25) is 4.79 Å². The van der Waals surface area contributed by atoms with Crippen molar-refractivity contribution in [3.8, 4) is 5.75 Å². The summed E-state index contributed by atoms with van der Waals surface area (Å²) < 4.78 is 38.3. The van der Waals surface area contributed by atoms with Gasteiger partial charge in [-0.15, -0.1) is 11.8 Å². The van der Waals surface area contributed by atoms with Gasteiger partial charge in [0.1, 0.15) is 11.0 Å². The largest absolute Gasteiger partial charge is 0.495 e. The summed E-state index contributed by atoms with van der Waals surface area (Å²) in [6, 6.07) is 23.6. The number of carbonyl (C=O) groups is 1. The predicted molar refractivity (Wildman–Crippen MR) is 133 cm³/mol. The van der Waals surface area contributed by atoms with Gasteiger partial charge in [-0.2, -0.15) is 4.31 Å². The Balaban J connectivity index is 1.63. The Labute approximate surface area is 204 Å². The molecule has 1 saturated heterocycles. The van der Waals surface area contributed by atoms with Crippen LogP contribution in [0.3, 0.4) is 0 Å². The lowest BCUT2D eigenvalue weighted by Gasteiger charge is -2.26. The van der Waals surface area contributed by atoms with E-state index >= 15 is 0 Å². The minimum absolute atomic E-state index is 0.0949. The van der Waals surface area contributed by atoms with E-state index in [2.05, 4.69) is 5.32 Å². The molecule has 0 aromatic heterocycles. The van der Waals surface area contributed by atoms with Crippen LogP contribution in [0.25, 0.3) is 0 Å². The van der Waals surface area contributed by atoms with Crippen LogP contribution in [-0.4, -0.2) is 52.0 Å². The first kappa shape index (κ1) is 24.3. The fourth-order valence-corrected chi connectivity index (χ4v) is 6.10. The minimum atomic E-state index is -3.72. The highest BCUT2D eigenvalue weighted by molar-refractivity contribution is 8.00. The first-order valence-electron chi connectivity index (χ1n) is 10.8. The number of hydrogen-bond donors (Lipinski definition) is 1. The molecule has 3 aromatic carbocycles. The minimum Gasteiger partial charge on any atom is -0.495 e. The number of hydrogen-bond acceptors (Lipinski definition) is 6. The van der Waals surface area contributed by atoms with Gasteiger partial charge in [0.15, 0.2) is 0 Å². The van der Waals surface area contributed by atoms with E-state index in [1.54, 1.807) is 6.07 Å². The molecule has 0 aliphatic carbocycles. The summed E-state index contributed by atoms with van der Waals surface area (Å²) in [5.41, 5.74) is 1.14. The molecule has 0 saturated carbocycles. The highest BCUT2D eigenvalue weighted by Gasteiger charge is 2.28. The van der Waals surface area contributed by atoms with E-state index in [4.69, 9.17) is 9.47 Å². The zero-order valence-electron chi connectivity index (χ0n) is 18.7. The summed E-state index contributed by atoms with van der Waals surface area (Å²) in [4.78, 5) is 14.5. The lowest BCUT2D eigenvalue weighted by Crippen LogP contribution is -2.40. The number of anilines is 1. The Hall–Kier alpha value is -2.85. The Bertz CT molecular complexity index is 1210. The van der Waals surface area contributed by atoms with Gasteiger partial charge in [-0.25, -0.2) is 8.42 Å². The van der Waals surface area contributed by atoms with Crippen molar-refractivity contribution in [2.24, 2.45) is 0 Å². The number of morpholine rings is 1. The van der Waals surface area contributed by atoms with Gasteiger partial charge in [-0.05, 0) is 35.9 Å². The molecule has 0 unspecified atom stereocenters. The molecule has 1 heterocycles. The maximum Gasteiger partial charge on any atom is 0.243 e. The monoisotopic (exact) mass is 498 g/mol. The van der Waals surface area contributed by atoms with Gasteiger partial charge in [-0.1, -0.05) is 48.5 Å². The standard InChI is InChI=1S/C25H26N2O5S2/c1-31-23-13-12-21(34(29,30)27-14-16-32-17-15-27)18-22(23)26-25(28)24(19-8-4-2-5-9-19)33-20-10-6-3-7-11-20/h2-13,18,24H,14-17H2,1H3,(H,26,28)/t24-/m0/s1. The third-order valence-electron chi connectivity index (χ3n) is 5.37. The van der Waals surface area contributed by atoms with E-state index in [-0.39, 0.29) is 10.8 Å². The summed E-state index contributed by atoms with van der Waals surface area (Å²) in [6.07, 6.45) is 0. The predicted octanol–water partition coefficient (Wildman–Crippen LogP) is 4.19. The number of sulfonamides is 1. The molecule has 7 nitrogen and oxygen atoms in total. The highest BCUT2D eigenvalue weighted by atomic mass is 32.2. The van der Waals surface area contributed by atoms with E-state index in [1.807, 2.05) is 60.7 Å². The van der Waals surface area contributed by atoms with Gasteiger partial charge < -0.3 is 14.8 Å². The molecule has 178 valence electrons. The van der Waals surface area contributed by atoms with Crippen molar-refractivity contribution in [1.82, 2.24) is 4.31 Å². The van der Waals surface area contributed by atoms with E-state index < -0.39 is 15.3 Å². The van der Waals surface area contributed by atoms with Gasteiger partial charge >= 0.3 is 0 Å². The van der Waals surface area contributed by atoms with Crippen molar-refractivity contribution >= 4 is 33.4 Å². The number of rotatable bonds is 8. The Morgan fingerprint density at radius 2 is 1.65 bits per heavy atom. The fourth-order valence-electron chi connectivity index (χ4n) is 3.62. The first-order chi connectivity index (χ1) is 16.5. The number of amides is 1. The molecule has 1 fully saturated rings. The molecule has 0 bridgehead atoms. The molecule has 1 atom stereocenters. The molecule has 3 aromatic rings. The fraction of sp³-hybridized carbons (Fsp3) is 0.240. The molecule has 1 amide bonds. The van der Waals surface area contributed by atoms with Crippen LogP contribution in [-0.2, 0) is 19.6 Å². The molecule has 4 rings (SSSR count). The third kappa shape index (κ3) is 5.61. The summed E-state index contributed by atoms with van der Waals surface area (Å²) in [5, 5.41) is 2.35. The summed E-state index contributed by atoms with van der Waals surface area (Å²) >= 11 is 1.42. The molecule has 0 radical (unpaired) electrons. The maximum atomic E-state index is 13.5. The van der Waals surface area contributed by atoms with Gasteiger partial charge in [0.2, 0.25) is 15.9 Å². The van der Waals surface area contributed by atoms with Crippen molar-refractivity contribution in [3.63, 3.8) is 0 Å². The number of ether oxygens (including phenoxy) is 2. The average molecular weight is 499 g/mol. The molecular formula is C25H26N2O5S2. The quantitative estimate of drug-likeness (QED) is 0.469. The summed E-state index contributed by atoms with van der Waals surface area (Å²) in [6.45, 7) is 1.29. The van der Waals surface area contributed by atoms with Gasteiger partial charge in [0.25, 0.3) is 0 Å². The maximum absolute atomic E-state index is 13.5. The Morgan fingerprint density at radius 1 is 1.00 bits per heavy atom. The zero-order chi connectivity index (χ0) is 24.0. The number of carbonyl (C=O) groups excluding carboxylic acids is 1. The average Bonchev–Trinajstić information content (AvgIpc) is 2.88. The van der Waals surface area contributed by atoms with Crippen LogP contribution in [0.5, 0.6) is 5.75 Å². The van der Waals surface area contributed by atoms with Crippen LogP contribution in [0.4, 0.5) is 5.69 Å². The van der Waals surface area contributed by atoms with Crippen LogP contribution < -0.4 is 10.1 Å². The molecule has 1 aliphatic rings. The van der Waals surface area contributed by atoms with E-state index in [1.165, 1.54) is 35.3 Å². The molecule has 34 heavy (non-hydrogen) atoms. The van der Waals surface area contributed by atoms with Crippen molar-refractivity contribution in [3.05, 3.63) is 84.4 Å². The van der Waals surface area contributed by atoms with Crippen LogP contribution in [0.15, 0.2) is 88.7 Å². The number of nitrogens with zero attached hydrogens (tertiary/aromatic N) is 1. The number of nitrogens with one attached hydrogen (secondary N) is 1. The van der Waals surface area contributed by atoms with Crippen molar-refractivity contribution in [1.29, 1.82) is 0 Å². The number of benzene rings is 3. The first-order valence-corrected chi connectivity index (χ1v) is 13.1. The highest BCUT2D eigenvalue weighted by Crippen LogP contribution is 2.37. The Kier molecular flexibility index (Phi) is 7.89. The van der Waals surface area contributed by atoms with E-state index in [0.717, 1.165) is 10.5 Å². The summed E-state index contributed by atoms with van der Waals surface area (Å²) in [5.74, 6) is 0.102. The van der Waals surface area contributed by atoms with Crippen molar-refractivity contribution in [2.75, 3.05) is 38.7 Å². The molecule has 0 spiro atoms. The van der Waals surface area contributed by atoms with Gasteiger partial charge in [0, 0.05) is 18.0 Å². The zero-order valence-corrected chi connectivity index (χ0v) is 20.3. The second-order valence-corrected chi connectivity index (χ2v) is 10.7. The SMILES string of the molecule is COc1ccc(S(=O)(=O)N2CCOCC2)cc1NC(=O)[C@@H](Sc1ccccc1)c1ccccc1. The second kappa shape index (κ2) is 11.1. The molecule has 1 N–H and O–H groups in total. The van der Waals surface area contributed by atoms with Crippen LogP contribution in [0, 0.1) is 0 Å².